The van der Waals surface area contributed by atoms with Crippen molar-refractivity contribution in [2.24, 2.45) is 0 Å². The highest BCUT2D eigenvalue weighted by molar-refractivity contribution is 7.88. The van der Waals surface area contributed by atoms with Crippen molar-refractivity contribution >= 4 is 27.7 Å². The van der Waals surface area contributed by atoms with E-state index in [0.29, 0.717) is 23.7 Å². The van der Waals surface area contributed by atoms with Gasteiger partial charge in [-0.25, -0.2) is 13.2 Å². The first kappa shape index (κ1) is 19.0. The van der Waals surface area contributed by atoms with Crippen LogP contribution in [0.3, 0.4) is 0 Å². The fraction of sp³-hybridized carbons (Fsp3) is 0.562. The van der Waals surface area contributed by atoms with Gasteiger partial charge in [0.15, 0.2) is 0 Å². The molecule has 1 amide bonds. The molecule has 0 atom stereocenters. The second-order valence-corrected chi connectivity index (χ2v) is 9.09. The number of piperazine rings is 1. The molecular weight excluding hydrogens is 352 g/mol. The van der Waals surface area contributed by atoms with E-state index in [2.05, 4.69) is 0 Å². The average molecular weight is 375 g/mol. The Balaban J connectivity index is 1.96. The summed E-state index contributed by atoms with van der Waals surface area (Å²) >= 11 is 6.04. The molecule has 0 bridgehead atoms. The van der Waals surface area contributed by atoms with E-state index in [0.717, 1.165) is 0 Å². The smallest absolute Gasteiger partial charge is 0.410 e. The standard InChI is InChI=1S/C16H23ClN2O4S/c1-16(2,3)23-15(20)18-8-10-19(11-9-18)24(21,22)12-13-6-4-5-7-14(13)17/h4-7H,8-12H2,1-3H3. The third kappa shape index (κ3) is 5.09. The number of sulfonamides is 1. The van der Waals surface area contributed by atoms with Gasteiger partial charge < -0.3 is 9.64 Å². The maximum Gasteiger partial charge on any atom is 0.410 e. The van der Waals surface area contributed by atoms with Crippen molar-refractivity contribution in [3.63, 3.8) is 0 Å². The summed E-state index contributed by atoms with van der Waals surface area (Å²) in [5, 5.41) is 0.438. The number of hydrogen-bond acceptors (Lipinski definition) is 4. The number of hydrogen-bond donors (Lipinski definition) is 0. The van der Waals surface area contributed by atoms with Gasteiger partial charge in [-0.1, -0.05) is 29.8 Å². The van der Waals surface area contributed by atoms with E-state index in [9.17, 15) is 13.2 Å². The van der Waals surface area contributed by atoms with Crippen LogP contribution >= 0.6 is 11.6 Å². The number of carbonyl (C=O) groups excluding carboxylic acids is 1. The predicted molar refractivity (Wildman–Crippen MR) is 93.5 cm³/mol. The van der Waals surface area contributed by atoms with E-state index in [4.69, 9.17) is 16.3 Å². The first-order valence-electron chi connectivity index (χ1n) is 7.78. The molecule has 1 fully saturated rings. The van der Waals surface area contributed by atoms with Crippen molar-refractivity contribution < 1.29 is 17.9 Å². The van der Waals surface area contributed by atoms with Crippen molar-refractivity contribution in [3.05, 3.63) is 34.9 Å². The van der Waals surface area contributed by atoms with E-state index < -0.39 is 21.7 Å². The highest BCUT2D eigenvalue weighted by Gasteiger charge is 2.31. The molecule has 6 nitrogen and oxygen atoms in total. The number of rotatable bonds is 3. The van der Waals surface area contributed by atoms with Crippen LogP contribution in [0.15, 0.2) is 24.3 Å². The third-order valence-electron chi connectivity index (χ3n) is 3.58. The second kappa shape index (κ2) is 7.29. The quantitative estimate of drug-likeness (QED) is 0.815. The van der Waals surface area contributed by atoms with Crippen molar-refractivity contribution in [2.45, 2.75) is 32.1 Å². The van der Waals surface area contributed by atoms with Gasteiger partial charge in [-0.3, -0.25) is 0 Å². The molecule has 134 valence electrons. The third-order valence-corrected chi connectivity index (χ3v) is 5.78. The predicted octanol–water partition coefficient (Wildman–Crippen LogP) is 2.72. The van der Waals surface area contributed by atoms with E-state index in [1.807, 2.05) is 0 Å². The molecule has 0 aromatic heterocycles. The average Bonchev–Trinajstić information content (AvgIpc) is 2.48. The lowest BCUT2D eigenvalue weighted by Gasteiger charge is -2.35. The number of halogens is 1. The Bertz CT molecular complexity index is 692. The zero-order valence-corrected chi connectivity index (χ0v) is 15.7. The molecule has 0 saturated carbocycles. The molecule has 0 radical (unpaired) electrons. The zero-order valence-electron chi connectivity index (χ0n) is 14.2. The lowest BCUT2D eigenvalue weighted by atomic mass is 10.2. The van der Waals surface area contributed by atoms with Crippen LogP contribution in [0.4, 0.5) is 4.79 Å². The van der Waals surface area contributed by atoms with Gasteiger partial charge in [-0.2, -0.15) is 4.31 Å². The van der Waals surface area contributed by atoms with Crippen LogP contribution in [-0.4, -0.2) is 55.5 Å². The summed E-state index contributed by atoms with van der Waals surface area (Å²) in [4.78, 5) is 13.6. The molecule has 1 aromatic rings. The van der Waals surface area contributed by atoms with Crippen LogP contribution in [0.25, 0.3) is 0 Å². The van der Waals surface area contributed by atoms with Crippen LogP contribution in [-0.2, 0) is 20.5 Å². The Morgan fingerprint density at radius 1 is 1.17 bits per heavy atom. The number of carbonyl (C=O) groups is 1. The summed E-state index contributed by atoms with van der Waals surface area (Å²) < 4.78 is 31.8. The Morgan fingerprint density at radius 2 is 1.75 bits per heavy atom. The molecule has 0 N–H and O–H groups in total. The molecule has 1 heterocycles. The Hall–Kier alpha value is -1.31. The molecule has 1 aliphatic rings. The Kier molecular flexibility index (Phi) is 5.78. The van der Waals surface area contributed by atoms with E-state index in [1.54, 1.807) is 45.0 Å². The molecule has 2 rings (SSSR count). The minimum absolute atomic E-state index is 0.140. The topological polar surface area (TPSA) is 66.9 Å². The number of amides is 1. The van der Waals surface area contributed by atoms with Gasteiger partial charge in [0.25, 0.3) is 0 Å². The van der Waals surface area contributed by atoms with Crippen LogP contribution < -0.4 is 0 Å². The van der Waals surface area contributed by atoms with Gasteiger partial charge >= 0.3 is 6.09 Å². The van der Waals surface area contributed by atoms with Crippen molar-refractivity contribution in [3.8, 4) is 0 Å². The first-order chi connectivity index (χ1) is 11.1. The Morgan fingerprint density at radius 3 is 2.29 bits per heavy atom. The van der Waals surface area contributed by atoms with Crippen LogP contribution in [0.1, 0.15) is 26.3 Å². The number of benzene rings is 1. The van der Waals surface area contributed by atoms with Gasteiger partial charge in [0.1, 0.15) is 5.60 Å². The van der Waals surface area contributed by atoms with Crippen LogP contribution in [0, 0.1) is 0 Å². The molecular formula is C16H23ClN2O4S. The van der Waals surface area contributed by atoms with Gasteiger partial charge in [0.05, 0.1) is 5.75 Å². The molecule has 0 spiro atoms. The van der Waals surface area contributed by atoms with Gasteiger partial charge in [-0.05, 0) is 32.4 Å². The summed E-state index contributed by atoms with van der Waals surface area (Å²) in [7, 11) is -3.47. The summed E-state index contributed by atoms with van der Waals surface area (Å²) in [5.74, 6) is -0.140. The van der Waals surface area contributed by atoms with Gasteiger partial charge in [0.2, 0.25) is 10.0 Å². The minimum Gasteiger partial charge on any atom is -0.444 e. The summed E-state index contributed by atoms with van der Waals surface area (Å²) in [6.45, 7) is 6.55. The molecule has 8 heteroatoms. The van der Waals surface area contributed by atoms with E-state index in [-0.39, 0.29) is 18.8 Å². The normalized spacial score (nSPS) is 16.9. The van der Waals surface area contributed by atoms with Crippen molar-refractivity contribution in [2.75, 3.05) is 26.2 Å². The second-order valence-electron chi connectivity index (χ2n) is 6.71. The summed E-state index contributed by atoms with van der Waals surface area (Å²) in [5.41, 5.74) is 0.0124. The van der Waals surface area contributed by atoms with Gasteiger partial charge in [0, 0.05) is 31.2 Å². The lowest BCUT2D eigenvalue weighted by Crippen LogP contribution is -2.51. The van der Waals surface area contributed by atoms with Crippen LogP contribution in [0.5, 0.6) is 0 Å². The SMILES string of the molecule is CC(C)(C)OC(=O)N1CCN(S(=O)(=O)Cc2ccccc2Cl)CC1. The monoisotopic (exact) mass is 374 g/mol. The molecule has 0 aliphatic carbocycles. The highest BCUT2D eigenvalue weighted by Crippen LogP contribution is 2.21. The molecule has 1 aromatic carbocycles. The highest BCUT2D eigenvalue weighted by atomic mass is 35.5. The Labute approximate surface area is 148 Å². The zero-order chi connectivity index (χ0) is 18.0. The lowest BCUT2D eigenvalue weighted by molar-refractivity contribution is 0.0192. The molecule has 1 aliphatic heterocycles. The van der Waals surface area contributed by atoms with E-state index in [1.165, 1.54) is 9.21 Å². The first-order valence-corrected chi connectivity index (χ1v) is 9.76. The van der Waals surface area contributed by atoms with Gasteiger partial charge in [-0.15, -0.1) is 0 Å². The fourth-order valence-corrected chi connectivity index (χ4v) is 4.21. The fourth-order valence-electron chi connectivity index (χ4n) is 2.38. The van der Waals surface area contributed by atoms with Crippen molar-refractivity contribution in [1.82, 2.24) is 9.21 Å². The molecule has 24 heavy (non-hydrogen) atoms. The maximum absolute atomic E-state index is 12.5. The molecule has 0 unspecified atom stereocenters. The summed E-state index contributed by atoms with van der Waals surface area (Å²) in [6.07, 6.45) is -0.411. The number of nitrogens with zero attached hydrogens (tertiary/aromatic N) is 2. The van der Waals surface area contributed by atoms with E-state index >= 15 is 0 Å². The minimum atomic E-state index is -3.47. The largest absolute Gasteiger partial charge is 0.444 e. The summed E-state index contributed by atoms with van der Waals surface area (Å²) in [6, 6.07) is 6.90. The van der Waals surface area contributed by atoms with Crippen molar-refractivity contribution in [1.29, 1.82) is 0 Å². The van der Waals surface area contributed by atoms with Crippen LogP contribution in [0.2, 0.25) is 5.02 Å². The number of ether oxygens (including phenoxy) is 1. The molecule has 1 saturated heterocycles. The maximum atomic E-state index is 12.5.